The molecular weight excluding hydrogens is 318 g/mol. The fourth-order valence-corrected chi connectivity index (χ4v) is 2.49. The predicted octanol–water partition coefficient (Wildman–Crippen LogP) is 1.61. The number of ether oxygens (including phenoxy) is 1. The number of amidine groups is 1. The van der Waals surface area contributed by atoms with Gasteiger partial charge < -0.3 is 16.2 Å². The first-order valence-electron chi connectivity index (χ1n) is 7.62. The van der Waals surface area contributed by atoms with Crippen molar-refractivity contribution in [3.8, 4) is 6.07 Å². The maximum absolute atomic E-state index is 12.1. The summed E-state index contributed by atoms with van der Waals surface area (Å²) in [5, 5.41) is 13.3. The molecule has 25 heavy (non-hydrogen) atoms. The number of nitriles is 1. The number of hydrazone groups is 1. The largest absolute Gasteiger partial charge is 0.398 e. The molecule has 2 aromatic rings. The molecule has 1 saturated heterocycles. The topological polar surface area (TPSA) is 130 Å². The van der Waals surface area contributed by atoms with Gasteiger partial charge >= 0.3 is 0 Å². The van der Waals surface area contributed by atoms with Crippen molar-refractivity contribution >= 4 is 17.4 Å². The second-order valence-corrected chi connectivity index (χ2v) is 5.78. The van der Waals surface area contributed by atoms with Gasteiger partial charge in [0.15, 0.2) is 5.84 Å². The van der Waals surface area contributed by atoms with Gasteiger partial charge in [0, 0.05) is 5.69 Å². The highest BCUT2D eigenvalue weighted by atomic mass is 16.6. The van der Waals surface area contributed by atoms with Crippen molar-refractivity contribution in [2.75, 3.05) is 5.73 Å². The number of benzene rings is 2. The lowest BCUT2D eigenvalue weighted by Crippen LogP contribution is -2.35. The third kappa shape index (κ3) is 3.03. The number of para-hydroxylation sites is 1. The van der Waals surface area contributed by atoms with E-state index in [1.807, 2.05) is 37.3 Å². The Labute approximate surface area is 144 Å². The maximum atomic E-state index is 12.1. The highest BCUT2D eigenvalue weighted by Crippen LogP contribution is 2.49. The molecule has 1 aliphatic rings. The van der Waals surface area contributed by atoms with Crippen LogP contribution in [-0.4, -0.2) is 17.3 Å². The number of nitrogens with zero attached hydrogens (tertiary/aromatic N) is 2. The number of nitrogens with one attached hydrogen (secondary N) is 1. The van der Waals surface area contributed by atoms with E-state index in [1.54, 1.807) is 24.3 Å². The number of carbonyl (C=O) groups excluding carboxylic acids is 1. The lowest BCUT2D eigenvalue weighted by molar-refractivity contribution is 0.0955. The molecule has 7 heteroatoms. The van der Waals surface area contributed by atoms with E-state index in [-0.39, 0.29) is 11.4 Å². The van der Waals surface area contributed by atoms with Crippen molar-refractivity contribution < 1.29 is 9.53 Å². The minimum Gasteiger partial charge on any atom is -0.398 e. The monoisotopic (exact) mass is 335 g/mol. The number of hydrogen-bond acceptors (Lipinski definition) is 5. The van der Waals surface area contributed by atoms with Crippen LogP contribution in [0.5, 0.6) is 0 Å². The van der Waals surface area contributed by atoms with Gasteiger partial charge in [-0.2, -0.15) is 10.4 Å². The van der Waals surface area contributed by atoms with Crippen LogP contribution in [0, 0.1) is 18.3 Å². The zero-order chi connectivity index (χ0) is 18.0. The summed E-state index contributed by atoms with van der Waals surface area (Å²) in [5.41, 5.74) is 15.1. The fraction of sp³-hybridized carbons (Fsp3) is 0.167. The smallest absolute Gasteiger partial charge is 0.273 e. The molecule has 5 N–H and O–H groups in total. The first kappa shape index (κ1) is 16.5. The van der Waals surface area contributed by atoms with Crippen molar-refractivity contribution in [2.45, 2.75) is 18.6 Å². The summed E-state index contributed by atoms with van der Waals surface area (Å²) in [6, 6.07) is 16.2. The van der Waals surface area contributed by atoms with Crippen LogP contribution in [0.1, 0.15) is 27.6 Å². The van der Waals surface area contributed by atoms with Crippen LogP contribution >= 0.6 is 0 Å². The Morgan fingerprint density at radius 3 is 2.60 bits per heavy atom. The first-order valence-corrected chi connectivity index (χ1v) is 7.62. The third-order valence-electron chi connectivity index (χ3n) is 4.03. The molecule has 2 aromatic carbocycles. The highest BCUT2D eigenvalue weighted by molar-refractivity contribution is 6.01. The number of anilines is 1. The molecule has 0 bridgehead atoms. The van der Waals surface area contributed by atoms with E-state index in [4.69, 9.17) is 16.2 Å². The molecule has 1 heterocycles. The van der Waals surface area contributed by atoms with Crippen LogP contribution in [0.15, 0.2) is 53.6 Å². The summed E-state index contributed by atoms with van der Waals surface area (Å²) in [6.45, 7) is 1.97. The Morgan fingerprint density at radius 2 is 1.96 bits per heavy atom. The number of nitrogen functional groups attached to an aromatic ring is 1. The van der Waals surface area contributed by atoms with Crippen molar-refractivity contribution in [3.63, 3.8) is 0 Å². The summed E-state index contributed by atoms with van der Waals surface area (Å²) in [6.07, 6.45) is -0.513. The van der Waals surface area contributed by atoms with Crippen LogP contribution in [0.4, 0.5) is 5.69 Å². The van der Waals surface area contributed by atoms with Gasteiger partial charge in [-0.1, -0.05) is 42.0 Å². The number of amides is 1. The van der Waals surface area contributed by atoms with Gasteiger partial charge in [0.25, 0.3) is 5.91 Å². The molecule has 3 rings (SSSR count). The SMILES string of the molecule is Cc1ccc([C@H]2O[C@]2(C#N)/C(N)=N/NC(=O)c2ccccc2N)cc1. The molecule has 0 radical (unpaired) electrons. The van der Waals surface area contributed by atoms with E-state index in [0.717, 1.165) is 11.1 Å². The number of rotatable bonds is 4. The highest BCUT2D eigenvalue weighted by Gasteiger charge is 2.62. The Hall–Kier alpha value is -3.37. The molecule has 2 atom stereocenters. The molecule has 126 valence electrons. The lowest BCUT2D eigenvalue weighted by atomic mass is 9.99. The van der Waals surface area contributed by atoms with E-state index in [2.05, 4.69) is 10.5 Å². The van der Waals surface area contributed by atoms with Crippen molar-refractivity contribution in [1.29, 1.82) is 5.26 Å². The summed E-state index contributed by atoms with van der Waals surface area (Å²) in [5.74, 6) is -0.620. The van der Waals surface area contributed by atoms with Gasteiger partial charge in [-0.15, -0.1) is 0 Å². The van der Waals surface area contributed by atoms with Crippen molar-refractivity contribution in [3.05, 3.63) is 65.2 Å². The van der Waals surface area contributed by atoms with Crippen LogP contribution in [-0.2, 0) is 4.74 Å². The van der Waals surface area contributed by atoms with Crippen molar-refractivity contribution in [2.24, 2.45) is 10.8 Å². The second kappa shape index (κ2) is 6.26. The average molecular weight is 335 g/mol. The number of carbonyl (C=O) groups is 1. The minimum absolute atomic E-state index is 0.108. The standard InChI is InChI=1S/C18H17N5O2/c1-11-6-8-12(9-7-11)15-18(10-19,25-15)17(21)23-22-16(24)13-4-2-3-5-14(13)20/h2-9,15H,20H2,1H3,(H2,21,23)(H,22,24)/t15-,18+/m1/s1. The van der Waals surface area contributed by atoms with Gasteiger partial charge in [-0.25, -0.2) is 5.43 Å². The van der Waals surface area contributed by atoms with Gasteiger partial charge in [0.1, 0.15) is 12.2 Å². The summed E-state index contributed by atoms with van der Waals surface area (Å²) in [7, 11) is 0. The van der Waals surface area contributed by atoms with Crippen LogP contribution in [0.3, 0.4) is 0 Å². The first-order chi connectivity index (χ1) is 12.0. The van der Waals surface area contributed by atoms with Gasteiger partial charge in [-0.05, 0) is 24.6 Å². The number of nitrogens with two attached hydrogens (primary N) is 2. The second-order valence-electron chi connectivity index (χ2n) is 5.78. The normalized spacial score (nSPS) is 22.1. The van der Waals surface area contributed by atoms with Gasteiger partial charge in [0.2, 0.25) is 5.60 Å². The quantitative estimate of drug-likeness (QED) is 0.257. The molecule has 1 aliphatic heterocycles. The Bertz CT molecular complexity index is 885. The number of hydrogen-bond donors (Lipinski definition) is 3. The van der Waals surface area contributed by atoms with E-state index >= 15 is 0 Å². The fourth-order valence-electron chi connectivity index (χ4n) is 2.49. The molecule has 0 saturated carbocycles. The van der Waals surface area contributed by atoms with Gasteiger partial charge in [0.05, 0.1) is 5.56 Å². The predicted molar refractivity (Wildman–Crippen MR) is 93.3 cm³/mol. The summed E-state index contributed by atoms with van der Waals surface area (Å²) < 4.78 is 5.51. The molecule has 0 unspecified atom stereocenters. The van der Waals surface area contributed by atoms with E-state index in [9.17, 15) is 10.1 Å². The molecule has 0 aromatic heterocycles. The molecule has 1 amide bonds. The van der Waals surface area contributed by atoms with Gasteiger partial charge in [-0.3, -0.25) is 4.79 Å². The summed E-state index contributed by atoms with van der Waals surface area (Å²) >= 11 is 0. The van der Waals surface area contributed by atoms with Crippen LogP contribution < -0.4 is 16.9 Å². The zero-order valence-corrected chi connectivity index (χ0v) is 13.6. The average Bonchev–Trinajstić information content (AvgIpc) is 3.36. The summed E-state index contributed by atoms with van der Waals surface area (Å²) in [4.78, 5) is 12.1. The Morgan fingerprint density at radius 1 is 1.28 bits per heavy atom. The molecule has 7 nitrogen and oxygen atoms in total. The Balaban J connectivity index is 1.75. The van der Waals surface area contributed by atoms with E-state index < -0.39 is 17.6 Å². The number of epoxide rings is 1. The third-order valence-corrected chi connectivity index (χ3v) is 4.03. The van der Waals surface area contributed by atoms with Crippen molar-refractivity contribution in [1.82, 2.24) is 5.43 Å². The number of aryl methyl sites for hydroxylation is 1. The molecule has 0 spiro atoms. The zero-order valence-electron chi connectivity index (χ0n) is 13.6. The molecular formula is C18H17N5O2. The lowest BCUT2D eigenvalue weighted by Gasteiger charge is -2.06. The molecule has 0 aliphatic carbocycles. The van der Waals surface area contributed by atoms with Crippen LogP contribution in [0.25, 0.3) is 0 Å². The molecule has 1 fully saturated rings. The Kier molecular flexibility index (Phi) is 4.13. The minimum atomic E-state index is -1.37. The van der Waals surface area contributed by atoms with Crippen LogP contribution in [0.2, 0.25) is 0 Å². The van der Waals surface area contributed by atoms with E-state index in [1.165, 1.54) is 0 Å². The maximum Gasteiger partial charge on any atom is 0.273 e. The van der Waals surface area contributed by atoms with E-state index in [0.29, 0.717) is 5.69 Å².